The summed E-state index contributed by atoms with van der Waals surface area (Å²) in [7, 11) is 1.75. The molecule has 1 N–H and O–H groups in total. The number of nitrogens with zero attached hydrogens (tertiary/aromatic N) is 1. The van der Waals surface area contributed by atoms with E-state index in [9.17, 15) is 4.79 Å². The van der Waals surface area contributed by atoms with E-state index in [2.05, 4.69) is 5.43 Å². The summed E-state index contributed by atoms with van der Waals surface area (Å²) in [4.78, 5) is 11.0. The lowest BCUT2D eigenvalue weighted by Crippen LogP contribution is -2.32. The van der Waals surface area contributed by atoms with Crippen LogP contribution in [-0.2, 0) is 4.79 Å². The van der Waals surface area contributed by atoms with Gasteiger partial charge in [-0.1, -0.05) is 6.92 Å². The van der Waals surface area contributed by atoms with Gasteiger partial charge in [-0.3, -0.25) is 9.80 Å². The van der Waals surface area contributed by atoms with Crippen LogP contribution in [0, 0.1) is 5.92 Å². The maximum absolute atomic E-state index is 11.0. The summed E-state index contributed by atoms with van der Waals surface area (Å²) in [5, 5.41) is 1.55. The quantitative estimate of drug-likeness (QED) is 0.497. The first-order valence-electron chi connectivity index (χ1n) is 3.16. The maximum Gasteiger partial charge on any atom is 0.240 e. The molecule has 0 aliphatic carbocycles. The molecule has 3 nitrogen and oxygen atoms in total. The fourth-order valence-corrected chi connectivity index (χ4v) is 1.00. The Morgan fingerprint density at radius 2 is 2.11 bits per heavy atom. The van der Waals surface area contributed by atoms with E-state index < -0.39 is 0 Å². The molecule has 1 aliphatic heterocycles. The Labute approximate surface area is 55.0 Å². The van der Waals surface area contributed by atoms with Gasteiger partial charge < -0.3 is 0 Å². The van der Waals surface area contributed by atoms with Crippen molar-refractivity contribution in [3.05, 3.63) is 0 Å². The summed E-state index contributed by atoms with van der Waals surface area (Å²) in [6, 6.07) is 0.294. The lowest BCUT2D eigenvalue weighted by Gasteiger charge is -2.07. The van der Waals surface area contributed by atoms with Crippen LogP contribution in [0.4, 0.5) is 0 Å². The molecule has 9 heavy (non-hydrogen) atoms. The second kappa shape index (κ2) is 1.99. The minimum absolute atomic E-state index is 0.134. The molecular formula is C6H12N2O. The standard InChI is InChI=1S/C6H12N2O/c1-4-5(2)7-8(3)6(4)9/h4-5,7H,1-3H3. The Morgan fingerprint density at radius 3 is 2.22 bits per heavy atom. The molecule has 0 aromatic heterocycles. The fraction of sp³-hybridized carbons (Fsp3) is 0.833. The van der Waals surface area contributed by atoms with Gasteiger partial charge >= 0.3 is 0 Å². The van der Waals surface area contributed by atoms with Gasteiger partial charge in [0, 0.05) is 13.1 Å². The summed E-state index contributed by atoms with van der Waals surface area (Å²) in [6.07, 6.45) is 0. The van der Waals surface area contributed by atoms with Crippen LogP contribution >= 0.6 is 0 Å². The van der Waals surface area contributed by atoms with E-state index >= 15 is 0 Å². The highest BCUT2D eigenvalue weighted by molar-refractivity contribution is 5.80. The Balaban J connectivity index is 2.65. The molecule has 2 atom stereocenters. The molecule has 1 amide bonds. The molecule has 0 saturated carbocycles. The lowest BCUT2D eigenvalue weighted by molar-refractivity contribution is -0.130. The molecule has 0 radical (unpaired) electrons. The molecule has 52 valence electrons. The molecule has 1 aliphatic rings. The average molecular weight is 128 g/mol. The van der Waals surface area contributed by atoms with Gasteiger partial charge in [0.2, 0.25) is 5.91 Å². The number of carbonyl (C=O) groups is 1. The molecule has 1 saturated heterocycles. The van der Waals surface area contributed by atoms with Crippen LogP contribution in [0.3, 0.4) is 0 Å². The van der Waals surface area contributed by atoms with Crippen molar-refractivity contribution in [3.8, 4) is 0 Å². The Bertz CT molecular complexity index is 135. The number of nitrogens with one attached hydrogen (secondary N) is 1. The summed E-state index contributed by atoms with van der Waals surface area (Å²) in [5.74, 6) is 0.317. The highest BCUT2D eigenvalue weighted by Crippen LogP contribution is 2.12. The summed E-state index contributed by atoms with van der Waals surface area (Å²) in [5.41, 5.74) is 3.00. The first-order chi connectivity index (χ1) is 4.13. The number of carbonyl (C=O) groups excluding carboxylic acids is 1. The van der Waals surface area contributed by atoms with E-state index in [1.54, 1.807) is 12.1 Å². The number of rotatable bonds is 0. The zero-order valence-corrected chi connectivity index (χ0v) is 6.01. The smallest absolute Gasteiger partial charge is 0.240 e. The predicted octanol–water partition coefficient (Wildman–Crippen LogP) is -0.0124. The summed E-state index contributed by atoms with van der Waals surface area (Å²) in [6.45, 7) is 3.94. The van der Waals surface area contributed by atoms with E-state index in [0.29, 0.717) is 6.04 Å². The highest BCUT2D eigenvalue weighted by Gasteiger charge is 2.31. The third kappa shape index (κ3) is 0.920. The molecule has 1 heterocycles. The number of hydrogen-bond donors (Lipinski definition) is 1. The number of hydrazine groups is 1. The minimum Gasteiger partial charge on any atom is -0.281 e. The first-order valence-corrected chi connectivity index (χ1v) is 3.16. The fourth-order valence-electron chi connectivity index (χ4n) is 1.00. The van der Waals surface area contributed by atoms with Gasteiger partial charge in [-0.05, 0) is 6.92 Å². The van der Waals surface area contributed by atoms with Crippen molar-refractivity contribution in [1.82, 2.24) is 10.4 Å². The van der Waals surface area contributed by atoms with Crippen molar-refractivity contribution in [1.29, 1.82) is 0 Å². The van der Waals surface area contributed by atoms with Gasteiger partial charge in [0.15, 0.2) is 0 Å². The van der Waals surface area contributed by atoms with Crippen LogP contribution in [0.15, 0.2) is 0 Å². The number of hydrogen-bond acceptors (Lipinski definition) is 2. The van der Waals surface area contributed by atoms with E-state index in [1.807, 2.05) is 13.8 Å². The predicted molar refractivity (Wildman–Crippen MR) is 34.5 cm³/mol. The summed E-state index contributed by atoms with van der Waals surface area (Å²) >= 11 is 0. The molecule has 0 bridgehead atoms. The van der Waals surface area contributed by atoms with Crippen molar-refractivity contribution in [2.24, 2.45) is 5.92 Å². The normalized spacial score (nSPS) is 35.9. The summed E-state index contributed by atoms with van der Waals surface area (Å²) < 4.78 is 0. The topological polar surface area (TPSA) is 32.3 Å². The van der Waals surface area contributed by atoms with Crippen LogP contribution < -0.4 is 5.43 Å². The van der Waals surface area contributed by atoms with Crippen LogP contribution in [0.25, 0.3) is 0 Å². The molecule has 0 aromatic carbocycles. The molecule has 1 fully saturated rings. The van der Waals surface area contributed by atoms with Crippen molar-refractivity contribution >= 4 is 5.91 Å². The van der Waals surface area contributed by atoms with E-state index in [4.69, 9.17) is 0 Å². The largest absolute Gasteiger partial charge is 0.281 e. The van der Waals surface area contributed by atoms with Gasteiger partial charge in [0.1, 0.15) is 0 Å². The van der Waals surface area contributed by atoms with Crippen LogP contribution in [0.2, 0.25) is 0 Å². The zero-order valence-electron chi connectivity index (χ0n) is 6.01. The van der Waals surface area contributed by atoms with Crippen LogP contribution in [0.1, 0.15) is 13.8 Å². The molecular weight excluding hydrogens is 116 g/mol. The van der Waals surface area contributed by atoms with Crippen LogP contribution in [0.5, 0.6) is 0 Å². The third-order valence-corrected chi connectivity index (χ3v) is 1.87. The van der Waals surface area contributed by atoms with Gasteiger partial charge in [-0.2, -0.15) is 0 Å². The number of amides is 1. The van der Waals surface area contributed by atoms with Crippen molar-refractivity contribution in [2.45, 2.75) is 19.9 Å². The molecule has 0 spiro atoms. The molecule has 3 heteroatoms. The van der Waals surface area contributed by atoms with E-state index in [-0.39, 0.29) is 11.8 Å². The van der Waals surface area contributed by atoms with E-state index in [1.165, 1.54) is 0 Å². The Kier molecular flexibility index (Phi) is 1.45. The van der Waals surface area contributed by atoms with Crippen LogP contribution in [-0.4, -0.2) is 24.0 Å². The monoisotopic (exact) mass is 128 g/mol. The molecule has 1 rings (SSSR count). The minimum atomic E-state index is 0.134. The van der Waals surface area contributed by atoms with Gasteiger partial charge in [-0.15, -0.1) is 0 Å². The van der Waals surface area contributed by atoms with Gasteiger partial charge in [0.25, 0.3) is 0 Å². The van der Waals surface area contributed by atoms with Gasteiger partial charge in [0.05, 0.1) is 5.92 Å². The second-order valence-corrected chi connectivity index (χ2v) is 2.60. The third-order valence-electron chi connectivity index (χ3n) is 1.87. The van der Waals surface area contributed by atoms with Gasteiger partial charge in [-0.25, -0.2) is 5.43 Å². The zero-order chi connectivity index (χ0) is 7.02. The Morgan fingerprint density at radius 1 is 1.56 bits per heavy atom. The average Bonchev–Trinajstić information content (AvgIpc) is 1.98. The SMILES string of the molecule is CC1NN(C)C(=O)C1C. The lowest BCUT2D eigenvalue weighted by atomic mass is 10.1. The Hall–Kier alpha value is -0.570. The molecule has 0 aromatic rings. The van der Waals surface area contributed by atoms with Crippen molar-refractivity contribution < 1.29 is 4.79 Å². The highest BCUT2D eigenvalue weighted by atomic mass is 16.2. The first kappa shape index (κ1) is 6.55. The van der Waals surface area contributed by atoms with Crippen molar-refractivity contribution in [3.63, 3.8) is 0 Å². The van der Waals surface area contributed by atoms with E-state index in [0.717, 1.165) is 0 Å². The maximum atomic E-state index is 11.0. The van der Waals surface area contributed by atoms with Crippen molar-refractivity contribution in [2.75, 3.05) is 7.05 Å². The second-order valence-electron chi connectivity index (χ2n) is 2.60. The molecule has 2 unspecified atom stereocenters.